The summed E-state index contributed by atoms with van der Waals surface area (Å²) in [6, 6.07) is 43.4. The monoisotopic (exact) mass is 1040 g/mol. The highest BCUT2D eigenvalue weighted by Gasteiger charge is 2.50. The van der Waals surface area contributed by atoms with Crippen molar-refractivity contribution in [3.05, 3.63) is 148 Å². The van der Waals surface area contributed by atoms with E-state index in [4.69, 9.17) is 8.83 Å². The Hall–Kier alpha value is -6.24. The number of hydrogen-bond donors (Lipinski definition) is 0. The highest BCUT2D eigenvalue weighted by molar-refractivity contribution is 7.32. The molecule has 78 heavy (non-hydrogen) atoms. The molecule has 15 rings (SSSR count). The summed E-state index contributed by atoms with van der Waals surface area (Å²) in [5, 5.41) is 5.99. The maximum absolute atomic E-state index is 7.43. The molecule has 6 heteroatoms. The standard InChI is InChI=1S/C72H75BN2O2S/c1-66(2,3)40-20-22-41(23-21-40)75-56-39-59-45(46-35-52-54(37-58(46)76-59)71(12,13)30-28-69(52,8)9)33-44(56)47-34-48-43-18-16-17-19-57(43)77-64(48)63-61(47)73(75)65-62(49-36-53-55(38-60(49)78-65)72(14,15)31-29-70(53,10)11)74(63)42-24-25-50-51(32-42)68(6,7)27-26-67(50,4)5/h16-25,32-39H,26-31H2,1-15H3. The van der Waals surface area contributed by atoms with E-state index in [1.54, 1.807) is 0 Å². The van der Waals surface area contributed by atoms with Crippen LogP contribution in [0.15, 0.2) is 118 Å². The Morgan fingerprint density at radius 3 is 1.62 bits per heavy atom. The minimum atomic E-state index is -0.189. The van der Waals surface area contributed by atoms with Gasteiger partial charge in [0.15, 0.2) is 5.58 Å². The normalized spacial score (nSPS) is 20.0. The fourth-order valence-corrected chi connectivity index (χ4v) is 16.8. The van der Waals surface area contributed by atoms with Crippen molar-refractivity contribution in [2.45, 2.75) is 180 Å². The number of hydrogen-bond acceptors (Lipinski definition) is 5. The van der Waals surface area contributed by atoms with Crippen LogP contribution in [0, 0.1) is 0 Å². The average Bonchev–Trinajstić information content (AvgIpc) is 3.91. The molecule has 2 aliphatic heterocycles. The van der Waals surface area contributed by atoms with Gasteiger partial charge in [-0.1, -0.05) is 140 Å². The Kier molecular flexibility index (Phi) is 9.62. The lowest BCUT2D eigenvalue weighted by molar-refractivity contribution is 0.332. The lowest BCUT2D eigenvalue weighted by Gasteiger charge is -2.45. The van der Waals surface area contributed by atoms with Crippen LogP contribution in [0.1, 0.15) is 181 Å². The summed E-state index contributed by atoms with van der Waals surface area (Å²) in [4.78, 5) is 5.40. The van der Waals surface area contributed by atoms with Crippen molar-refractivity contribution >= 4 is 111 Å². The maximum atomic E-state index is 7.43. The molecule has 0 N–H and O–H groups in total. The maximum Gasteiger partial charge on any atom is 0.343 e. The third-order valence-corrected chi connectivity index (χ3v) is 22.0. The van der Waals surface area contributed by atoms with Gasteiger partial charge in [-0.05, 0) is 193 Å². The first kappa shape index (κ1) is 48.9. The average molecular weight is 1040 g/mol. The van der Waals surface area contributed by atoms with Crippen LogP contribution in [0.25, 0.3) is 65.1 Å². The molecule has 0 radical (unpaired) electrons. The second kappa shape index (κ2) is 15.4. The van der Waals surface area contributed by atoms with Crippen LogP contribution < -0.4 is 20.0 Å². The fraction of sp³-hybridized carbons (Fsp3) is 0.389. The first-order valence-electron chi connectivity index (χ1n) is 29.2. The van der Waals surface area contributed by atoms with Gasteiger partial charge in [-0.2, -0.15) is 0 Å². The highest BCUT2D eigenvalue weighted by atomic mass is 32.1. The fourth-order valence-electron chi connectivity index (χ4n) is 15.5. The van der Waals surface area contributed by atoms with Gasteiger partial charge in [0.2, 0.25) is 0 Å². The summed E-state index contributed by atoms with van der Waals surface area (Å²) in [6.45, 7) is 36.2. The van der Waals surface area contributed by atoms with Crippen molar-refractivity contribution in [3.8, 4) is 11.1 Å². The van der Waals surface area contributed by atoms with Crippen molar-refractivity contribution in [2.24, 2.45) is 0 Å². The summed E-state index contributed by atoms with van der Waals surface area (Å²) in [7, 11) is 0. The zero-order valence-electron chi connectivity index (χ0n) is 48.8. The molecule has 0 fully saturated rings. The van der Waals surface area contributed by atoms with Crippen LogP contribution in [-0.2, 0) is 37.9 Å². The van der Waals surface area contributed by atoms with Gasteiger partial charge >= 0.3 is 6.85 Å². The Morgan fingerprint density at radius 1 is 0.449 bits per heavy atom. The molecule has 0 spiro atoms. The van der Waals surface area contributed by atoms with Gasteiger partial charge in [0.05, 0.1) is 11.4 Å². The molecule has 0 bridgehead atoms. The molecule has 0 unspecified atom stereocenters. The van der Waals surface area contributed by atoms with E-state index in [-0.39, 0.29) is 44.8 Å². The first-order valence-corrected chi connectivity index (χ1v) is 30.0. The van der Waals surface area contributed by atoms with Crippen LogP contribution in [0.4, 0.5) is 28.4 Å². The van der Waals surface area contributed by atoms with E-state index in [0.717, 1.165) is 64.5 Å². The molecule has 394 valence electrons. The molecule has 0 atom stereocenters. The van der Waals surface area contributed by atoms with E-state index in [1.165, 1.54) is 117 Å². The van der Waals surface area contributed by atoms with E-state index in [1.807, 2.05) is 11.3 Å². The van der Waals surface area contributed by atoms with Gasteiger partial charge in [0, 0.05) is 65.1 Å². The molecule has 5 heterocycles. The van der Waals surface area contributed by atoms with Gasteiger partial charge in [-0.15, -0.1) is 11.3 Å². The Morgan fingerprint density at radius 2 is 0.974 bits per heavy atom. The van der Waals surface area contributed by atoms with Gasteiger partial charge in [-0.3, -0.25) is 0 Å². The van der Waals surface area contributed by atoms with Crippen LogP contribution in [0.5, 0.6) is 0 Å². The molecular formula is C72H75BN2O2S. The number of thiophene rings is 1. The predicted molar refractivity (Wildman–Crippen MR) is 335 cm³/mol. The molecule has 3 aliphatic carbocycles. The summed E-state index contributed by atoms with van der Waals surface area (Å²) in [5.74, 6) is 0. The van der Waals surface area contributed by atoms with Crippen molar-refractivity contribution < 1.29 is 8.83 Å². The number of furan rings is 2. The third-order valence-electron chi connectivity index (χ3n) is 20.8. The van der Waals surface area contributed by atoms with E-state index >= 15 is 0 Å². The van der Waals surface area contributed by atoms with Crippen molar-refractivity contribution in [1.82, 2.24) is 0 Å². The molecule has 0 amide bonds. The van der Waals surface area contributed by atoms with Crippen molar-refractivity contribution in [3.63, 3.8) is 0 Å². The molecule has 4 nitrogen and oxygen atoms in total. The lowest BCUT2D eigenvalue weighted by Crippen LogP contribution is -2.60. The minimum absolute atomic E-state index is 0.00293. The molecule has 10 aromatic rings. The highest BCUT2D eigenvalue weighted by Crippen LogP contribution is 2.58. The van der Waals surface area contributed by atoms with Crippen LogP contribution in [0.3, 0.4) is 0 Å². The summed E-state index contributed by atoms with van der Waals surface area (Å²) >= 11 is 2.01. The molecule has 3 aromatic heterocycles. The summed E-state index contributed by atoms with van der Waals surface area (Å²) in [5.41, 5.74) is 23.9. The number of benzene rings is 7. The lowest BCUT2D eigenvalue weighted by atomic mass is 9.46. The quantitative estimate of drug-likeness (QED) is 0.162. The summed E-state index contributed by atoms with van der Waals surface area (Å²) < 4.78 is 17.4. The van der Waals surface area contributed by atoms with E-state index < -0.39 is 0 Å². The second-order valence-electron chi connectivity index (χ2n) is 29.7. The van der Waals surface area contributed by atoms with Crippen molar-refractivity contribution in [1.29, 1.82) is 0 Å². The smallest absolute Gasteiger partial charge is 0.343 e. The van der Waals surface area contributed by atoms with Gasteiger partial charge in [-0.25, -0.2) is 0 Å². The van der Waals surface area contributed by atoms with E-state index in [2.05, 4.69) is 223 Å². The van der Waals surface area contributed by atoms with Gasteiger partial charge in [0.1, 0.15) is 16.7 Å². The number of anilines is 5. The first-order chi connectivity index (χ1) is 36.7. The molecule has 5 aliphatic rings. The Labute approximate surface area is 466 Å². The largest absolute Gasteiger partial charge is 0.456 e. The van der Waals surface area contributed by atoms with Crippen LogP contribution in [0.2, 0.25) is 0 Å². The minimum Gasteiger partial charge on any atom is -0.456 e. The van der Waals surface area contributed by atoms with E-state index in [9.17, 15) is 0 Å². The zero-order chi connectivity index (χ0) is 54.3. The SMILES string of the molecule is CC(C)(C)c1ccc(N2B3c4sc5cc6c(cc5c4N(c4ccc5c(c4)C(C)(C)CCC5(C)C)c4c3c(cc3c4oc4ccccc43)-c3cc4c(cc32)oc2cc3c(cc24)C(C)(C)CCC3(C)C)C(C)(C)CCC6(C)C)cc1. The second-order valence-corrected chi connectivity index (χ2v) is 30.8. The van der Waals surface area contributed by atoms with Crippen molar-refractivity contribution in [2.75, 3.05) is 9.71 Å². The van der Waals surface area contributed by atoms with Crippen LogP contribution >= 0.6 is 11.3 Å². The summed E-state index contributed by atoms with van der Waals surface area (Å²) in [6.07, 6.45) is 6.95. The third kappa shape index (κ3) is 6.65. The van der Waals surface area contributed by atoms with Gasteiger partial charge in [0.25, 0.3) is 0 Å². The number of fused-ring (bicyclic) bond motifs is 16. The topological polar surface area (TPSA) is 32.8 Å². The Bertz CT molecular complexity index is 4280. The number of rotatable bonds is 2. The van der Waals surface area contributed by atoms with E-state index in [0.29, 0.717) is 0 Å². The van der Waals surface area contributed by atoms with Gasteiger partial charge < -0.3 is 18.5 Å². The zero-order valence-corrected chi connectivity index (χ0v) is 49.6. The molecule has 0 saturated carbocycles. The predicted octanol–water partition coefficient (Wildman–Crippen LogP) is 19.8. The molecule has 7 aromatic carbocycles. The molecule has 0 saturated heterocycles. The number of para-hydroxylation sites is 1. The number of nitrogens with zero attached hydrogens (tertiary/aromatic N) is 2. The Balaban J connectivity index is 1.12. The molecular weight excluding hydrogens is 968 g/mol. The van der Waals surface area contributed by atoms with Crippen LogP contribution in [-0.4, -0.2) is 6.85 Å².